The molecule has 2 rings (SSSR count). The highest BCUT2D eigenvalue weighted by Gasteiger charge is 2.17. The van der Waals surface area contributed by atoms with E-state index in [-0.39, 0.29) is 4.90 Å². The number of halogens is 1. The lowest BCUT2D eigenvalue weighted by atomic mass is 10.0. The quantitative estimate of drug-likeness (QED) is 0.893. The third-order valence-corrected chi connectivity index (χ3v) is 4.19. The molecule has 0 radical (unpaired) electrons. The summed E-state index contributed by atoms with van der Waals surface area (Å²) >= 11 is 0. The van der Waals surface area contributed by atoms with Crippen LogP contribution in [0, 0.1) is 5.82 Å². The van der Waals surface area contributed by atoms with Crippen molar-refractivity contribution in [2.75, 3.05) is 12.8 Å². The van der Waals surface area contributed by atoms with Gasteiger partial charge in [0.05, 0.1) is 4.90 Å². The molecule has 1 unspecified atom stereocenters. The molecule has 1 atom stereocenters. The lowest BCUT2D eigenvalue weighted by Gasteiger charge is -2.11. The molecule has 0 aromatic heterocycles. The van der Waals surface area contributed by atoms with Crippen LogP contribution in [0.25, 0.3) is 0 Å². The van der Waals surface area contributed by atoms with Crippen LogP contribution in [0.5, 0.6) is 0 Å². The summed E-state index contributed by atoms with van der Waals surface area (Å²) in [5.41, 5.74) is 0.580. The Kier molecular flexibility index (Phi) is 3.49. The molecule has 1 aliphatic rings. The smallest absolute Gasteiger partial charge is 0.175 e. The van der Waals surface area contributed by atoms with Crippen molar-refractivity contribution < 1.29 is 12.8 Å². The molecule has 1 heterocycles. The zero-order valence-corrected chi connectivity index (χ0v) is 10.6. The standard InChI is InChI=1S/C12H16FNO2S/c1-17(15,16)11-5-4-9(12(13)8-11)7-10-3-2-6-14-10/h4-5,8,10,14H,2-3,6-7H2,1H3. The van der Waals surface area contributed by atoms with Crippen LogP contribution in [-0.2, 0) is 16.3 Å². The van der Waals surface area contributed by atoms with E-state index in [4.69, 9.17) is 0 Å². The maximum atomic E-state index is 13.7. The second-order valence-corrected chi connectivity index (χ2v) is 6.54. The Hall–Kier alpha value is -0.940. The fourth-order valence-corrected chi connectivity index (χ4v) is 2.75. The van der Waals surface area contributed by atoms with E-state index in [1.165, 1.54) is 6.07 Å². The van der Waals surface area contributed by atoms with Crippen molar-refractivity contribution in [1.82, 2.24) is 5.32 Å². The van der Waals surface area contributed by atoms with Gasteiger partial charge < -0.3 is 5.32 Å². The van der Waals surface area contributed by atoms with E-state index < -0.39 is 15.7 Å². The van der Waals surface area contributed by atoms with Crippen molar-refractivity contribution in [3.63, 3.8) is 0 Å². The molecule has 1 aromatic carbocycles. The van der Waals surface area contributed by atoms with E-state index in [1.807, 2.05) is 0 Å². The summed E-state index contributed by atoms with van der Waals surface area (Å²) in [7, 11) is -3.32. The third kappa shape index (κ3) is 3.04. The van der Waals surface area contributed by atoms with Gasteiger partial charge in [0.1, 0.15) is 5.82 Å². The summed E-state index contributed by atoms with van der Waals surface area (Å²) in [5, 5.41) is 3.29. The largest absolute Gasteiger partial charge is 0.314 e. The molecular formula is C12H16FNO2S. The minimum atomic E-state index is -3.32. The van der Waals surface area contributed by atoms with Crippen molar-refractivity contribution in [3.8, 4) is 0 Å². The van der Waals surface area contributed by atoms with E-state index in [1.54, 1.807) is 6.07 Å². The van der Waals surface area contributed by atoms with Gasteiger partial charge in [-0.15, -0.1) is 0 Å². The molecule has 0 amide bonds. The Labute approximate surface area is 101 Å². The number of hydrogen-bond donors (Lipinski definition) is 1. The SMILES string of the molecule is CS(=O)(=O)c1ccc(CC2CCCN2)c(F)c1. The fraction of sp³-hybridized carbons (Fsp3) is 0.500. The Balaban J connectivity index is 2.19. The summed E-state index contributed by atoms with van der Waals surface area (Å²) < 4.78 is 36.3. The molecule has 0 bridgehead atoms. The number of rotatable bonds is 3. The van der Waals surface area contributed by atoms with Gasteiger partial charge in [0.25, 0.3) is 0 Å². The van der Waals surface area contributed by atoms with Crippen LogP contribution >= 0.6 is 0 Å². The topological polar surface area (TPSA) is 46.2 Å². The van der Waals surface area contributed by atoms with Crippen LogP contribution in [0.2, 0.25) is 0 Å². The normalized spacial score (nSPS) is 20.7. The van der Waals surface area contributed by atoms with Crippen LogP contribution in [0.3, 0.4) is 0 Å². The first-order valence-electron chi connectivity index (χ1n) is 5.69. The average molecular weight is 257 g/mol. The van der Waals surface area contributed by atoms with E-state index in [2.05, 4.69) is 5.32 Å². The molecule has 94 valence electrons. The monoisotopic (exact) mass is 257 g/mol. The van der Waals surface area contributed by atoms with Crippen molar-refractivity contribution >= 4 is 9.84 Å². The van der Waals surface area contributed by atoms with Crippen LogP contribution in [0.1, 0.15) is 18.4 Å². The van der Waals surface area contributed by atoms with E-state index in [0.717, 1.165) is 31.7 Å². The first-order valence-corrected chi connectivity index (χ1v) is 7.58. The van der Waals surface area contributed by atoms with Crippen LogP contribution in [0.4, 0.5) is 4.39 Å². The summed E-state index contributed by atoms with van der Waals surface area (Å²) in [5.74, 6) is -0.429. The first-order chi connectivity index (χ1) is 7.97. The minimum Gasteiger partial charge on any atom is -0.314 e. The van der Waals surface area contributed by atoms with Gasteiger partial charge in [-0.25, -0.2) is 12.8 Å². The average Bonchev–Trinajstić information content (AvgIpc) is 2.72. The van der Waals surface area contributed by atoms with Crippen molar-refractivity contribution in [2.24, 2.45) is 0 Å². The van der Waals surface area contributed by atoms with Crippen molar-refractivity contribution in [2.45, 2.75) is 30.2 Å². The molecule has 1 N–H and O–H groups in total. The second kappa shape index (κ2) is 4.74. The molecule has 1 aliphatic heterocycles. The predicted molar refractivity (Wildman–Crippen MR) is 64.2 cm³/mol. The van der Waals surface area contributed by atoms with Gasteiger partial charge in [-0.2, -0.15) is 0 Å². The maximum Gasteiger partial charge on any atom is 0.175 e. The second-order valence-electron chi connectivity index (χ2n) is 4.52. The minimum absolute atomic E-state index is 0.0399. The molecule has 3 nitrogen and oxygen atoms in total. The highest BCUT2D eigenvalue weighted by Crippen LogP contribution is 2.18. The molecule has 1 saturated heterocycles. The zero-order valence-electron chi connectivity index (χ0n) is 9.74. The molecule has 0 spiro atoms. The number of benzene rings is 1. The molecule has 5 heteroatoms. The lowest BCUT2D eigenvalue weighted by Crippen LogP contribution is -2.24. The highest BCUT2D eigenvalue weighted by atomic mass is 32.2. The van der Waals surface area contributed by atoms with Gasteiger partial charge in [-0.1, -0.05) is 6.07 Å². The van der Waals surface area contributed by atoms with E-state index in [9.17, 15) is 12.8 Å². The Morgan fingerprint density at radius 3 is 2.76 bits per heavy atom. The van der Waals surface area contributed by atoms with Crippen LogP contribution in [0.15, 0.2) is 23.1 Å². The van der Waals surface area contributed by atoms with Gasteiger partial charge >= 0.3 is 0 Å². The van der Waals surface area contributed by atoms with Crippen molar-refractivity contribution in [3.05, 3.63) is 29.6 Å². The van der Waals surface area contributed by atoms with Gasteiger partial charge in [-0.3, -0.25) is 0 Å². The predicted octanol–water partition coefficient (Wildman–Crippen LogP) is 1.52. The molecule has 0 aliphatic carbocycles. The van der Waals surface area contributed by atoms with Gasteiger partial charge in [0.15, 0.2) is 9.84 Å². The third-order valence-electron chi connectivity index (χ3n) is 3.08. The molecule has 1 fully saturated rings. The van der Waals surface area contributed by atoms with Gasteiger partial charge in [-0.05, 0) is 43.5 Å². The van der Waals surface area contributed by atoms with Crippen LogP contribution < -0.4 is 5.32 Å². The maximum absolute atomic E-state index is 13.7. The zero-order chi connectivity index (χ0) is 12.5. The molecule has 17 heavy (non-hydrogen) atoms. The van der Waals surface area contributed by atoms with E-state index >= 15 is 0 Å². The van der Waals surface area contributed by atoms with Crippen molar-refractivity contribution in [1.29, 1.82) is 0 Å². The Morgan fingerprint density at radius 1 is 1.47 bits per heavy atom. The lowest BCUT2D eigenvalue weighted by molar-refractivity contribution is 0.556. The molecular weight excluding hydrogens is 241 g/mol. The molecule has 1 aromatic rings. The van der Waals surface area contributed by atoms with E-state index in [0.29, 0.717) is 18.0 Å². The van der Waals surface area contributed by atoms with Crippen LogP contribution in [-0.4, -0.2) is 27.3 Å². The highest BCUT2D eigenvalue weighted by molar-refractivity contribution is 7.90. The number of sulfone groups is 1. The summed E-state index contributed by atoms with van der Waals surface area (Å²) in [4.78, 5) is 0.0399. The summed E-state index contributed by atoms with van der Waals surface area (Å²) in [6, 6.07) is 4.47. The molecule has 0 saturated carbocycles. The Morgan fingerprint density at radius 2 is 2.24 bits per heavy atom. The Bertz CT molecular complexity index is 507. The van der Waals surface area contributed by atoms with Gasteiger partial charge in [0, 0.05) is 12.3 Å². The summed E-state index contributed by atoms with van der Waals surface area (Å²) in [6.45, 7) is 0.980. The number of hydrogen-bond acceptors (Lipinski definition) is 3. The van der Waals surface area contributed by atoms with Gasteiger partial charge in [0.2, 0.25) is 0 Å². The fourth-order valence-electron chi connectivity index (χ4n) is 2.12. The first kappa shape index (κ1) is 12.5. The summed E-state index contributed by atoms with van der Waals surface area (Å²) in [6.07, 6.45) is 3.87. The number of nitrogens with one attached hydrogen (secondary N) is 1.